The monoisotopic (exact) mass is 530 g/mol. The second kappa shape index (κ2) is 15.4. The van der Waals surface area contributed by atoms with E-state index in [1.54, 1.807) is 7.11 Å². The number of carboxylic acids is 1. The van der Waals surface area contributed by atoms with Crippen LogP contribution < -0.4 is 10.6 Å². The molecule has 0 heterocycles. The van der Waals surface area contributed by atoms with Crippen molar-refractivity contribution in [3.8, 4) is 11.1 Å². The van der Waals surface area contributed by atoms with Gasteiger partial charge in [0, 0.05) is 13.0 Å². The summed E-state index contributed by atoms with van der Waals surface area (Å²) < 4.78 is 5.37. The summed E-state index contributed by atoms with van der Waals surface area (Å²) in [5, 5.41) is 15.3. The summed E-state index contributed by atoms with van der Waals surface area (Å²) in [4.78, 5) is 38.4. The lowest BCUT2D eigenvalue weighted by Gasteiger charge is -2.25. The van der Waals surface area contributed by atoms with Crippen molar-refractivity contribution in [2.45, 2.75) is 51.1 Å². The molecule has 0 aromatic heterocycles. The Morgan fingerprint density at radius 1 is 0.821 bits per heavy atom. The summed E-state index contributed by atoms with van der Waals surface area (Å²) in [5.41, 5.74) is 3.69. The Bertz CT molecular complexity index is 1180. The van der Waals surface area contributed by atoms with Crippen LogP contribution in [-0.4, -0.2) is 42.6 Å². The van der Waals surface area contributed by atoms with E-state index in [0.717, 1.165) is 29.5 Å². The van der Waals surface area contributed by atoms with Gasteiger partial charge in [-0.1, -0.05) is 105 Å². The normalized spacial score (nSPS) is 13.2. The number of benzene rings is 3. The summed E-state index contributed by atoms with van der Waals surface area (Å²) in [5.74, 6) is -2.58. The molecule has 3 aromatic carbocycles. The highest BCUT2D eigenvalue weighted by atomic mass is 16.5. The van der Waals surface area contributed by atoms with E-state index in [-0.39, 0.29) is 18.4 Å². The van der Waals surface area contributed by atoms with Gasteiger partial charge in [0.1, 0.15) is 6.04 Å². The first-order chi connectivity index (χ1) is 18.9. The van der Waals surface area contributed by atoms with Crippen LogP contribution >= 0.6 is 0 Å². The number of methoxy groups -OCH3 is 1. The summed E-state index contributed by atoms with van der Waals surface area (Å²) in [6, 6.07) is 25.8. The number of hydrogen-bond acceptors (Lipinski definition) is 4. The van der Waals surface area contributed by atoms with Crippen molar-refractivity contribution in [1.29, 1.82) is 0 Å². The van der Waals surface area contributed by atoms with Gasteiger partial charge in [-0.15, -0.1) is 0 Å². The van der Waals surface area contributed by atoms with Crippen molar-refractivity contribution in [2.24, 2.45) is 5.92 Å². The van der Waals surface area contributed by atoms with Gasteiger partial charge in [0.05, 0.1) is 19.1 Å². The topological polar surface area (TPSA) is 105 Å². The van der Waals surface area contributed by atoms with E-state index in [9.17, 15) is 19.5 Å². The smallest absolute Gasteiger partial charge is 0.304 e. The Morgan fingerprint density at radius 2 is 1.44 bits per heavy atom. The van der Waals surface area contributed by atoms with Gasteiger partial charge in [-0.2, -0.15) is 0 Å². The molecular weight excluding hydrogens is 492 g/mol. The lowest BCUT2D eigenvalue weighted by atomic mass is 9.95. The molecule has 39 heavy (non-hydrogen) atoms. The molecule has 3 rings (SSSR count). The minimum absolute atomic E-state index is 0.284. The lowest BCUT2D eigenvalue weighted by Crippen LogP contribution is -2.47. The minimum atomic E-state index is -1.04. The molecule has 0 aliphatic rings. The van der Waals surface area contributed by atoms with Crippen molar-refractivity contribution in [3.63, 3.8) is 0 Å². The molecule has 0 aliphatic heterocycles. The zero-order valence-corrected chi connectivity index (χ0v) is 22.6. The highest BCUT2D eigenvalue weighted by Crippen LogP contribution is 2.23. The highest BCUT2D eigenvalue weighted by Gasteiger charge is 2.29. The van der Waals surface area contributed by atoms with Gasteiger partial charge in [-0.3, -0.25) is 14.4 Å². The number of ether oxygens (including phenoxy) is 1. The number of nitrogens with one attached hydrogen (secondary N) is 2. The second-order valence-corrected chi connectivity index (χ2v) is 9.72. The van der Waals surface area contributed by atoms with E-state index in [1.165, 1.54) is 0 Å². The number of aliphatic carboxylic acids is 1. The zero-order valence-electron chi connectivity index (χ0n) is 22.6. The molecule has 7 heteroatoms. The molecule has 0 saturated heterocycles. The molecule has 0 radical (unpaired) electrons. The van der Waals surface area contributed by atoms with Gasteiger partial charge in [0.25, 0.3) is 0 Å². The average molecular weight is 531 g/mol. The van der Waals surface area contributed by atoms with Gasteiger partial charge in [0.2, 0.25) is 11.8 Å². The molecule has 1 unspecified atom stereocenters. The Balaban J connectivity index is 1.86. The van der Waals surface area contributed by atoms with Crippen LogP contribution in [0.3, 0.4) is 0 Å². The van der Waals surface area contributed by atoms with E-state index in [0.29, 0.717) is 25.0 Å². The predicted molar refractivity (Wildman–Crippen MR) is 152 cm³/mol. The van der Waals surface area contributed by atoms with Crippen molar-refractivity contribution in [3.05, 3.63) is 96.1 Å². The highest BCUT2D eigenvalue weighted by molar-refractivity contribution is 5.91. The Labute approximate surface area is 230 Å². The van der Waals surface area contributed by atoms with E-state index >= 15 is 0 Å². The van der Waals surface area contributed by atoms with Crippen LogP contribution in [0.1, 0.15) is 49.8 Å². The molecular formula is C32H38N2O5. The minimum Gasteiger partial charge on any atom is -0.481 e. The number of amides is 2. The first-order valence-electron chi connectivity index (χ1n) is 13.4. The standard InChI is InChI=1S/C32H38N2O5/c1-3-4-13-27(21-29(35)36)31(37)34-30(26-18-16-25(17-19-26)24-14-9-6-10-15-24)32(38)33-28(22-39-2)20-23-11-7-5-8-12-23/h5-12,14-19,27-28,30H,3-4,13,20-22H2,1-2H3,(H,33,38)(H,34,37)(H,35,36)/t27-,28+,30?/m1/s1. The van der Waals surface area contributed by atoms with Crippen LogP contribution in [0.5, 0.6) is 0 Å². The maximum absolute atomic E-state index is 13.7. The van der Waals surface area contributed by atoms with Crippen LogP contribution in [0, 0.1) is 5.92 Å². The first kappa shape index (κ1) is 29.6. The molecule has 3 N–H and O–H groups in total. The number of unbranched alkanes of at least 4 members (excludes halogenated alkanes) is 1. The molecule has 206 valence electrons. The van der Waals surface area contributed by atoms with E-state index in [2.05, 4.69) is 10.6 Å². The molecule has 0 spiro atoms. The first-order valence-corrected chi connectivity index (χ1v) is 13.4. The SMILES string of the molecule is CCCC[C@H](CC(=O)O)C(=O)NC(C(=O)N[C@H](COC)Cc1ccccc1)c1ccc(-c2ccccc2)cc1. The second-order valence-electron chi connectivity index (χ2n) is 9.72. The quantitative estimate of drug-likeness (QED) is 0.252. The summed E-state index contributed by atoms with van der Waals surface area (Å²) >= 11 is 0. The third-order valence-electron chi connectivity index (χ3n) is 6.64. The molecule has 3 aromatic rings. The van der Waals surface area contributed by atoms with Crippen LogP contribution in [0.25, 0.3) is 11.1 Å². The van der Waals surface area contributed by atoms with Crippen molar-refractivity contribution in [1.82, 2.24) is 10.6 Å². The van der Waals surface area contributed by atoms with Crippen LogP contribution in [-0.2, 0) is 25.5 Å². The van der Waals surface area contributed by atoms with Crippen molar-refractivity contribution < 1.29 is 24.2 Å². The average Bonchev–Trinajstić information content (AvgIpc) is 2.95. The van der Waals surface area contributed by atoms with Crippen LogP contribution in [0.2, 0.25) is 0 Å². The number of carbonyl (C=O) groups is 3. The largest absolute Gasteiger partial charge is 0.481 e. The Hall–Kier alpha value is -3.97. The van der Waals surface area contributed by atoms with Gasteiger partial charge in [-0.05, 0) is 35.1 Å². The summed E-state index contributed by atoms with van der Waals surface area (Å²) in [6.45, 7) is 2.29. The van der Waals surface area contributed by atoms with E-state index in [4.69, 9.17) is 4.74 Å². The Morgan fingerprint density at radius 3 is 2.03 bits per heavy atom. The number of hydrogen-bond donors (Lipinski definition) is 3. The van der Waals surface area contributed by atoms with E-state index in [1.807, 2.05) is 91.9 Å². The zero-order chi connectivity index (χ0) is 28.0. The molecule has 0 saturated carbocycles. The van der Waals surface area contributed by atoms with Gasteiger partial charge in [-0.25, -0.2) is 0 Å². The molecule has 0 bridgehead atoms. The maximum Gasteiger partial charge on any atom is 0.304 e. The van der Waals surface area contributed by atoms with Crippen LogP contribution in [0.4, 0.5) is 0 Å². The fourth-order valence-corrected chi connectivity index (χ4v) is 4.58. The van der Waals surface area contributed by atoms with Gasteiger partial charge in [0.15, 0.2) is 0 Å². The number of carbonyl (C=O) groups excluding carboxylic acids is 2. The molecule has 0 aliphatic carbocycles. The molecule has 7 nitrogen and oxygen atoms in total. The van der Waals surface area contributed by atoms with Crippen molar-refractivity contribution >= 4 is 17.8 Å². The third kappa shape index (κ3) is 9.37. The lowest BCUT2D eigenvalue weighted by molar-refractivity contribution is -0.141. The fourth-order valence-electron chi connectivity index (χ4n) is 4.58. The third-order valence-corrected chi connectivity index (χ3v) is 6.64. The van der Waals surface area contributed by atoms with Crippen molar-refractivity contribution in [2.75, 3.05) is 13.7 Å². The van der Waals surface area contributed by atoms with Gasteiger partial charge < -0.3 is 20.5 Å². The summed E-state index contributed by atoms with van der Waals surface area (Å²) in [7, 11) is 1.58. The molecule has 0 fully saturated rings. The van der Waals surface area contributed by atoms with Gasteiger partial charge >= 0.3 is 5.97 Å². The Kier molecular flexibility index (Phi) is 11.7. The van der Waals surface area contributed by atoms with Crippen LogP contribution in [0.15, 0.2) is 84.9 Å². The molecule has 3 atom stereocenters. The maximum atomic E-state index is 13.7. The fraction of sp³-hybridized carbons (Fsp3) is 0.344. The van der Waals surface area contributed by atoms with E-state index < -0.39 is 23.8 Å². The number of carboxylic acid groups (broad SMARTS) is 1. The molecule has 2 amide bonds. The summed E-state index contributed by atoms with van der Waals surface area (Å²) in [6.07, 6.45) is 2.28. The number of rotatable bonds is 15. The predicted octanol–water partition coefficient (Wildman–Crippen LogP) is 5.17.